The van der Waals surface area contributed by atoms with Crippen molar-refractivity contribution < 1.29 is 23.9 Å². The second kappa shape index (κ2) is 8.50. The molecule has 29 heavy (non-hydrogen) atoms. The number of alkyl carbamates (subject to hydrolysis) is 1. The Labute approximate surface area is 167 Å². The van der Waals surface area contributed by atoms with E-state index in [-0.39, 0.29) is 25.1 Å². The third-order valence-electron chi connectivity index (χ3n) is 4.31. The quantitative estimate of drug-likeness (QED) is 0.639. The summed E-state index contributed by atoms with van der Waals surface area (Å²) in [5.41, 5.74) is -1.68. The second-order valence-electron chi connectivity index (χ2n) is 7.86. The maximum Gasteiger partial charge on any atom is 0.407 e. The first-order chi connectivity index (χ1) is 13.4. The lowest BCUT2D eigenvalue weighted by Gasteiger charge is -2.23. The molecule has 11 nitrogen and oxygen atoms in total. The Kier molecular flexibility index (Phi) is 6.50. The van der Waals surface area contributed by atoms with Crippen LogP contribution in [-0.4, -0.2) is 63.8 Å². The molecule has 2 rings (SSSR count). The van der Waals surface area contributed by atoms with Crippen molar-refractivity contribution in [1.29, 1.82) is 0 Å². The van der Waals surface area contributed by atoms with E-state index in [4.69, 9.17) is 9.47 Å². The van der Waals surface area contributed by atoms with E-state index in [0.717, 1.165) is 4.57 Å². The van der Waals surface area contributed by atoms with Gasteiger partial charge in [-0.25, -0.2) is 14.4 Å². The number of carbonyl (C=O) groups excluding carboxylic acids is 3. The third kappa shape index (κ3) is 5.69. The highest BCUT2D eigenvalue weighted by molar-refractivity contribution is 5.85. The van der Waals surface area contributed by atoms with Gasteiger partial charge in [-0.3, -0.25) is 19.1 Å². The molecular weight excluding hydrogens is 384 g/mol. The maximum atomic E-state index is 12.8. The fourth-order valence-corrected chi connectivity index (χ4v) is 3.02. The van der Waals surface area contributed by atoms with Gasteiger partial charge in [0.2, 0.25) is 5.91 Å². The Bertz CT molecular complexity index is 912. The largest absolute Gasteiger partial charge is 0.467 e. The number of nitrogens with zero attached hydrogens (tertiary/aromatic N) is 2. The number of hydrogen-bond acceptors (Lipinski definition) is 7. The number of rotatable bonds is 4. The summed E-state index contributed by atoms with van der Waals surface area (Å²) in [6, 6.07) is -1.43. The monoisotopic (exact) mass is 410 g/mol. The summed E-state index contributed by atoms with van der Waals surface area (Å²) in [5, 5.41) is 2.64. The smallest absolute Gasteiger partial charge is 0.407 e. The zero-order valence-corrected chi connectivity index (χ0v) is 17.1. The molecular formula is C18H26N4O7. The van der Waals surface area contributed by atoms with Gasteiger partial charge < -0.3 is 19.7 Å². The highest BCUT2D eigenvalue weighted by Crippen LogP contribution is 2.20. The number of carbonyl (C=O) groups is 3. The van der Waals surface area contributed by atoms with Crippen LogP contribution in [-0.2, 0) is 25.6 Å². The lowest BCUT2D eigenvalue weighted by Crippen LogP contribution is -2.45. The molecule has 11 heteroatoms. The van der Waals surface area contributed by atoms with E-state index in [0.29, 0.717) is 0 Å². The summed E-state index contributed by atoms with van der Waals surface area (Å²) in [4.78, 5) is 63.7. The number of hydrogen-bond donors (Lipinski definition) is 2. The molecule has 1 aromatic heterocycles. The van der Waals surface area contributed by atoms with E-state index in [1.54, 1.807) is 20.8 Å². The van der Waals surface area contributed by atoms with Crippen LogP contribution < -0.4 is 16.6 Å². The summed E-state index contributed by atoms with van der Waals surface area (Å²) < 4.78 is 11.0. The van der Waals surface area contributed by atoms with Gasteiger partial charge >= 0.3 is 17.8 Å². The van der Waals surface area contributed by atoms with E-state index in [9.17, 15) is 24.0 Å². The number of aromatic amines is 1. The Morgan fingerprint density at radius 2 is 1.93 bits per heavy atom. The van der Waals surface area contributed by atoms with Crippen molar-refractivity contribution in [3.05, 3.63) is 32.6 Å². The van der Waals surface area contributed by atoms with Crippen LogP contribution in [0.1, 0.15) is 32.8 Å². The van der Waals surface area contributed by atoms with Gasteiger partial charge in [0.1, 0.15) is 18.2 Å². The average molecular weight is 410 g/mol. The van der Waals surface area contributed by atoms with Crippen LogP contribution in [0.4, 0.5) is 4.79 Å². The van der Waals surface area contributed by atoms with E-state index in [1.807, 2.05) is 0 Å². The van der Waals surface area contributed by atoms with Crippen LogP contribution in [0.3, 0.4) is 0 Å². The zero-order valence-electron chi connectivity index (χ0n) is 17.1. The summed E-state index contributed by atoms with van der Waals surface area (Å²) in [6.07, 6.45) is 0.767. The standard InChI is InChI=1S/C18H26N4O7/c1-10-7-21(16(26)20-14(10)24)9-13(23)22-8-11(6-12(22)15(25)28-5)19-17(27)29-18(2,3)4/h7,11-12H,6,8-9H2,1-5H3,(H,19,27)(H,20,24,26)/t11?,12-/m0/s1. The minimum Gasteiger partial charge on any atom is -0.467 e. The first-order valence-corrected chi connectivity index (χ1v) is 9.08. The molecule has 0 radical (unpaired) electrons. The fraction of sp³-hybridized carbons (Fsp3) is 0.611. The molecule has 2 atom stereocenters. The Morgan fingerprint density at radius 1 is 1.28 bits per heavy atom. The number of aryl methyl sites for hydroxylation is 1. The molecule has 1 unspecified atom stereocenters. The van der Waals surface area contributed by atoms with Crippen molar-refractivity contribution in [2.24, 2.45) is 0 Å². The van der Waals surface area contributed by atoms with E-state index in [2.05, 4.69) is 10.3 Å². The Hall–Kier alpha value is -3.11. The number of aromatic nitrogens is 2. The average Bonchev–Trinajstić information content (AvgIpc) is 3.01. The second-order valence-corrected chi connectivity index (χ2v) is 7.86. The number of nitrogens with one attached hydrogen (secondary N) is 2. The van der Waals surface area contributed by atoms with Crippen LogP contribution >= 0.6 is 0 Å². The fourth-order valence-electron chi connectivity index (χ4n) is 3.02. The Morgan fingerprint density at radius 3 is 2.52 bits per heavy atom. The molecule has 0 saturated carbocycles. The van der Waals surface area contributed by atoms with Gasteiger partial charge in [0.25, 0.3) is 5.56 Å². The summed E-state index contributed by atoms with van der Waals surface area (Å²) in [6.45, 7) is 6.35. The number of amides is 2. The normalized spacial score (nSPS) is 19.0. The highest BCUT2D eigenvalue weighted by Gasteiger charge is 2.41. The van der Waals surface area contributed by atoms with Crippen LogP contribution in [0.2, 0.25) is 0 Å². The van der Waals surface area contributed by atoms with Crippen molar-refractivity contribution in [2.75, 3.05) is 13.7 Å². The summed E-state index contributed by atoms with van der Waals surface area (Å²) in [5.74, 6) is -1.15. The molecule has 0 bridgehead atoms. The number of H-pyrrole nitrogens is 1. The van der Waals surface area contributed by atoms with Gasteiger partial charge in [-0.15, -0.1) is 0 Å². The molecule has 0 aliphatic carbocycles. The predicted molar refractivity (Wildman–Crippen MR) is 101 cm³/mol. The van der Waals surface area contributed by atoms with Crippen molar-refractivity contribution in [3.63, 3.8) is 0 Å². The van der Waals surface area contributed by atoms with Crippen molar-refractivity contribution in [1.82, 2.24) is 19.8 Å². The topological polar surface area (TPSA) is 140 Å². The minimum atomic E-state index is -0.910. The summed E-state index contributed by atoms with van der Waals surface area (Å²) >= 11 is 0. The van der Waals surface area contributed by atoms with Crippen LogP contribution in [0.25, 0.3) is 0 Å². The molecule has 1 aliphatic heterocycles. The minimum absolute atomic E-state index is 0.0505. The lowest BCUT2D eigenvalue weighted by atomic mass is 10.1. The first kappa shape index (κ1) is 22.2. The number of methoxy groups -OCH3 is 1. The van der Waals surface area contributed by atoms with Crippen LogP contribution in [0.5, 0.6) is 0 Å². The van der Waals surface area contributed by atoms with Crippen LogP contribution in [0, 0.1) is 6.92 Å². The molecule has 1 aliphatic rings. The van der Waals surface area contributed by atoms with Crippen molar-refractivity contribution in [2.45, 2.75) is 58.3 Å². The highest BCUT2D eigenvalue weighted by atomic mass is 16.6. The predicted octanol–water partition coefficient (Wildman–Crippen LogP) is -0.488. The van der Waals surface area contributed by atoms with E-state index < -0.39 is 46.9 Å². The van der Waals surface area contributed by atoms with Gasteiger partial charge in [-0.1, -0.05) is 0 Å². The van der Waals surface area contributed by atoms with E-state index >= 15 is 0 Å². The number of esters is 1. The third-order valence-corrected chi connectivity index (χ3v) is 4.31. The lowest BCUT2D eigenvalue weighted by molar-refractivity contribution is -0.151. The molecule has 2 heterocycles. The molecule has 1 saturated heterocycles. The zero-order chi connectivity index (χ0) is 21.9. The molecule has 1 aromatic rings. The van der Waals surface area contributed by atoms with Gasteiger partial charge in [-0.2, -0.15) is 0 Å². The molecule has 2 amide bonds. The number of likely N-dealkylation sites (tertiary alicyclic amines) is 1. The molecule has 160 valence electrons. The van der Waals surface area contributed by atoms with Gasteiger partial charge in [-0.05, 0) is 27.7 Å². The summed E-state index contributed by atoms with van der Waals surface area (Å²) in [7, 11) is 1.20. The SMILES string of the molecule is COC(=O)[C@@H]1CC(NC(=O)OC(C)(C)C)CN1C(=O)Cn1cc(C)c(=O)[nH]c1=O. The van der Waals surface area contributed by atoms with Gasteiger partial charge in [0, 0.05) is 24.7 Å². The molecule has 2 N–H and O–H groups in total. The van der Waals surface area contributed by atoms with Crippen molar-refractivity contribution in [3.8, 4) is 0 Å². The van der Waals surface area contributed by atoms with Gasteiger partial charge in [0.05, 0.1) is 13.2 Å². The van der Waals surface area contributed by atoms with Crippen molar-refractivity contribution >= 4 is 18.0 Å². The van der Waals surface area contributed by atoms with Gasteiger partial charge in [0.15, 0.2) is 0 Å². The molecule has 0 spiro atoms. The number of ether oxygens (including phenoxy) is 2. The molecule has 1 fully saturated rings. The first-order valence-electron chi connectivity index (χ1n) is 9.08. The van der Waals surface area contributed by atoms with E-state index in [1.165, 1.54) is 25.1 Å². The maximum absolute atomic E-state index is 12.8. The van der Waals surface area contributed by atoms with Crippen LogP contribution in [0.15, 0.2) is 15.8 Å². The molecule has 0 aromatic carbocycles. The Balaban J connectivity index is 2.16.